The van der Waals surface area contributed by atoms with Gasteiger partial charge in [0, 0.05) is 20.1 Å². The van der Waals surface area contributed by atoms with Gasteiger partial charge in [0.1, 0.15) is 0 Å². The maximum Gasteiger partial charge on any atom is 0.0991 e. The first-order chi connectivity index (χ1) is 6.81. The van der Waals surface area contributed by atoms with E-state index in [9.17, 15) is 0 Å². The van der Waals surface area contributed by atoms with Crippen LogP contribution in [0.3, 0.4) is 0 Å². The molecule has 1 saturated heterocycles. The summed E-state index contributed by atoms with van der Waals surface area (Å²) >= 11 is 0. The third kappa shape index (κ3) is 1.57. The third-order valence-electron chi connectivity index (χ3n) is 2.56. The maximum atomic E-state index is 8.67. The zero-order chi connectivity index (χ0) is 9.97. The van der Waals surface area contributed by atoms with Gasteiger partial charge in [0.2, 0.25) is 0 Å². The summed E-state index contributed by atoms with van der Waals surface area (Å²) in [5, 5.41) is 13.1. The van der Waals surface area contributed by atoms with Crippen molar-refractivity contribution in [3.05, 3.63) is 29.8 Å². The Morgan fingerprint density at radius 2 is 1.93 bits per heavy atom. The van der Waals surface area contributed by atoms with Crippen LogP contribution in [0, 0.1) is 11.3 Å². The fourth-order valence-corrected chi connectivity index (χ4v) is 1.77. The van der Waals surface area contributed by atoms with Gasteiger partial charge in [0.25, 0.3) is 0 Å². The van der Waals surface area contributed by atoms with Crippen molar-refractivity contribution in [1.82, 2.24) is 5.01 Å². The Hall–Kier alpha value is -1.53. The van der Waals surface area contributed by atoms with Crippen LogP contribution in [0.2, 0.25) is 0 Å². The lowest BCUT2D eigenvalue weighted by Crippen LogP contribution is -2.32. The number of hydrazine groups is 1. The van der Waals surface area contributed by atoms with Crippen molar-refractivity contribution in [2.45, 2.75) is 6.42 Å². The van der Waals surface area contributed by atoms with E-state index in [1.165, 1.54) is 12.1 Å². The molecule has 0 amide bonds. The van der Waals surface area contributed by atoms with Gasteiger partial charge in [-0.05, 0) is 30.7 Å². The number of hydrogen-bond acceptors (Lipinski definition) is 3. The summed E-state index contributed by atoms with van der Waals surface area (Å²) in [4.78, 5) is 0. The van der Waals surface area contributed by atoms with Gasteiger partial charge in [-0.15, -0.1) is 0 Å². The smallest absolute Gasteiger partial charge is 0.0991 e. The van der Waals surface area contributed by atoms with Crippen LogP contribution >= 0.6 is 0 Å². The highest BCUT2D eigenvalue weighted by molar-refractivity contribution is 5.49. The number of hydrogen-bond donors (Lipinski definition) is 0. The fourth-order valence-electron chi connectivity index (χ4n) is 1.77. The van der Waals surface area contributed by atoms with Crippen LogP contribution < -0.4 is 5.01 Å². The van der Waals surface area contributed by atoms with Crippen LogP contribution in [-0.4, -0.2) is 25.1 Å². The van der Waals surface area contributed by atoms with E-state index in [1.54, 1.807) is 0 Å². The van der Waals surface area contributed by atoms with Gasteiger partial charge < -0.3 is 5.01 Å². The molecule has 1 aromatic carbocycles. The second-order valence-corrected chi connectivity index (χ2v) is 3.52. The summed E-state index contributed by atoms with van der Waals surface area (Å²) in [5.41, 5.74) is 1.89. The zero-order valence-corrected chi connectivity index (χ0v) is 8.27. The Morgan fingerprint density at radius 1 is 1.21 bits per heavy atom. The molecule has 3 nitrogen and oxygen atoms in total. The molecule has 0 saturated carbocycles. The summed E-state index contributed by atoms with van der Waals surface area (Å²) in [6.45, 7) is 2.18. The van der Waals surface area contributed by atoms with Gasteiger partial charge in [-0.3, -0.25) is 0 Å². The number of nitrogens with zero attached hydrogens (tertiary/aromatic N) is 3. The molecular formula is C11H13N3. The normalized spacial score (nSPS) is 17.0. The quantitative estimate of drug-likeness (QED) is 0.669. The molecule has 0 bridgehead atoms. The Labute approximate surface area is 84.1 Å². The van der Waals surface area contributed by atoms with Crippen LogP contribution in [0.1, 0.15) is 12.0 Å². The highest BCUT2D eigenvalue weighted by atomic mass is 15.6. The van der Waals surface area contributed by atoms with E-state index in [-0.39, 0.29) is 0 Å². The molecule has 2 rings (SSSR count). The Morgan fingerprint density at radius 3 is 2.43 bits per heavy atom. The molecule has 0 radical (unpaired) electrons. The molecule has 1 aliphatic rings. The lowest BCUT2D eigenvalue weighted by Gasteiger charge is -2.25. The first kappa shape index (κ1) is 9.04. The molecule has 72 valence electrons. The zero-order valence-electron chi connectivity index (χ0n) is 8.27. The van der Waals surface area contributed by atoms with Gasteiger partial charge in [0.15, 0.2) is 0 Å². The molecule has 1 fully saturated rings. The molecule has 1 aromatic rings. The maximum absolute atomic E-state index is 8.67. The van der Waals surface area contributed by atoms with Crippen LogP contribution in [0.25, 0.3) is 0 Å². The topological polar surface area (TPSA) is 30.3 Å². The highest BCUT2D eigenvalue weighted by Gasteiger charge is 2.17. The van der Waals surface area contributed by atoms with Gasteiger partial charge in [-0.1, -0.05) is 0 Å². The average molecular weight is 187 g/mol. The van der Waals surface area contributed by atoms with E-state index in [4.69, 9.17) is 5.26 Å². The van der Waals surface area contributed by atoms with Crippen LogP contribution in [-0.2, 0) is 0 Å². The van der Waals surface area contributed by atoms with Crippen molar-refractivity contribution in [2.24, 2.45) is 0 Å². The Balaban J connectivity index is 2.21. The van der Waals surface area contributed by atoms with Crippen molar-refractivity contribution in [2.75, 3.05) is 25.1 Å². The fraction of sp³-hybridized carbons (Fsp3) is 0.364. The Bertz CT molecular complexity index is 350. The summed E-state index contributed by atoms with van der Waals surface area (Å²) in [7, 11) is 2.09. The predicted octanol–water partition coefficient (Wildman–Crippen LogP) is 1.62. The molecule has 14 heavy (non-hydrogen) atoms. The molecule has 0 spiro atoms. The SMILES string of the molecule is CN1CCCN1c1ccc(C#N)cc1. The molecule has 0 aromatic heterocycles. The van der Waals surface area contributed by atoms with E-state index in [0.717, 1.165) is 18.7 Å². The van der Waals surface area contributed by atoms with Crippen molar-refractivity contribution in [3.63, 3.8) is 0 Å². The van der Waals surface area contributed by atoms with Gasteiger partial charge >= 0.3 is 0 Å². The minimum atomic E-state index is 0.718. The molecule has 1 aliphatic heterocycles. The summed E-state index contributed by atoms with van der Waals surface area (Å²) in [6, 6.07) is 9.85. The van der Waals surface area contributed by atoms with E-state index < -0.39 is 0 Å². The Kier molecular flexibility index (Phi) is 2.38. The standard InChI is InChI=1S/C11H13N3/c1-13-7-2-8-14(13)11-5-3-10(9-12)4-6-11/h3-6H,2,7-8H2,1H3. The molecular weight excluding hydrogens is 174 g/mol. The molecule has 0 unspecified atom stereocenters. The monoisotopic (exact) mass is 187 g/mol. The van der Waals surface area contributed by atoms with Gasteiger partial charge in [-0.2, -0.15) is 5.26 Å². The van der Waals surface area contributed by atoms with Crippen molar-refractivity contribution >= 4 is 5.69 Å². The van der Waals surface area contributed by atoms with E-state index in [1.807, 2.05) is 24.3 Å². The predicted molar refractivity (Wildman–Crippen MR) is 55.8 cm³/mol. The lowest BCUT2D eigenvalue weighted by atomic mass is 10.2. The second-order valence-electron chi connectivity index (χ2n) is 3.52. The average Bonchev–Trinajstić information content (AvgIpc) is 2.65. The number of benzene rings is 1. The molecule has 0 atom stereocenters. The van der Waals surface area contributed by atoms with Crippen LogP contribution in [0.5, 0.6) is 0 Å². The lowest BCUT2D eigenvalue weighted by molar-refractivity contribution is 0.383. The largest absolute Gasteiger partial charge is 0.306 e. The van der Waals surface area contributed by atoms with E-state index >= 15 is 0 Å². The summed E-state index contributed by atoms with van der Waals surface area (Å²) in [5.74, 6) is 0. The second kappa shape index (κ2) is 3.69. The van der Waals surface area contributed by atoms with Crippen LogP contribution in [0.15, 0.2) is 24.3 Å². The molecule has 0 aliphatic carbocycles. The van der Waals surface area contributed by atoms with Crippen molar-refractivity contribution in [1.29, 1.82) is 5.26 Å². The molecule has 3 heteroatoms. The molecule has 0 N–H and O–H groups in total. The minimum Gasteiger partial charge on any atom is -0.306 e. The summed E-state index contributed by atoms with van der Waals surface area (Å²) < 4.78 is 0. The number of rotatable bonds is 1. The van der Waals surface area contributed by atoms with E-state index in [0.29, 0.717) is 0 Å². The summed E-state index contributed by atoms with van der Waals surface area (Å²) in [6.07, 6.45) is 1.20. The first-order valence-corrected chi connectivity index (χ1v) is 4.80. The highest BCUT2D eigenvalue weighted by Crippen LogP contribution is 2.20. The first-order valence-electron chi connectivity index (χ1n) is 4.80. The van der Waals surface area contributed by atoms with Crippen molar-refractivity contribution in [3.8, 4) is 6.07 Å². The molecule has 1 heterocycles. The number of anilines is 1. The number of nitriles is 1. The van der Waals surface area contributed by atoms with Gasteiger partial charge in [-0.25, -0.2) is 5.01 Å². The van der Waals surface area contributed by atoms with Gasteiger partial charge in [0.05, 0.1) is 17.3 Å². The minimum absolute atomic E-state index is 0.718. The van der Waals surface area contributed by atoms with Crippen molar-refractivity contribution < 1.29 is 0 Å². The van der Waals surface area contributed by atoms with E-state index in [2.05, 4.69) is 23.1 Å². The van der Waals surface area contributed by atoms with Crippen LogP contribution in [0.4, 0.5) is 5.69 Å². The third-order valence-corrected chi connectivity index (χ3v) is 2.56.